The average Bonchev–Trinajstić information content (AvgIpc) is 2.85. The normalized spacial score (nSPS) is 20.4. The van der Waals surface area contributed by atoms with Crippen molar-refractivity contribution < 1.29 is 24.2 Å². The Morgan fingerprint density at radius 1 is 0.925 bits per heavy atom. The lowest BCUT2D eigenvalue weighted by molar-refractivity contribution is -0.137. The molecule has 0 unspecified atom stereocenters. The summed E-state index contributed by atoms with van der Waals surface area (Å²) >= 11 is 6.10. The van der Waals surface area contributed by atoms with Crippen molar-refractivity contribution >= 4 is 29.1 Å². The number of carbonyl (C=O) groups is 3. The smallest absolute Gasteiger partial charge is 0.305 e. The molecule has 2 aromatic rings. The molecule has 0 amide bonds. The molecule has 1 aliphatic heterocycles. The Labute approximate surface area is 240 Å². The Kier molecular flexibility index (Phi) is 7.43. The molecule has 3 aliphatic rings. The zero-order valence-corrected chi connectivity index (χ0v) is 24.3. The van der Waals surface area contributed by atoms with Crippen LogP contribution in [0.2, 0.25) is 5.02 Å². The van der Waals surface area contributed by atoms with E-state index in [1.165, 1.54) is 0 Å². The molecular formula is C33H36ClNO5. The van der Waals surface area contributed by atoms with Gasteiger partial charge in [0.15, 0.2) is 11.6 Å². The largest absolute Gasteiger partial charge is 0.489 e. The molecule has 210 valence electrons. The minimum absolute atomic E-state index is 0.0297. The fourth-order valence-electron chi connectivity index (χ4n) is 6.41. The van der Waals surface area contributed by atoms with E-state index >= 15 is 0 Å². The van der Waals surface area contributed by atoms with Gasteiger partial charge in [0.1, 0.15) is 12.4 Å². The zero-order chi connectivity index (χ0) is 28.8. The van der Waals surface area contributed by atoms with Gasteiger partial charge in [0, 0.05) is 52.9 Å². The number of benzene rings is 2. The first-order valence-corrected chi connectivity index (χ1v) is 14.2. The molecule has 2 aliphatic carbocycles. The number of carboxylic acid groups (broad SMARTS) is 1. The second kappa shape index (κ2) is 10.5. The lowest BCUT2D eigenvalue weighted by Gasteiger charge is -2.49. The van der Waals surface area contributed by atoms with Crippen LogP contribution in [0.1, 0.15) is 76.8 Å². The summed E-state index contributed by atoms with van der Waals surface area (Å²) in [6.45, 7) is 8.90. The van der Waals surface area contributed by atoms with Crippen molar-refractivity contribution in [2.24, 2.45) is 10.8 Å². The highest BCUT2D eigenvalue weighted by molar-refractivity contribution is 6.30. The van der Waals surface area contributed by atoms with Gasteiger partial charge in [-0.2, -0.15) is 0 Å². The van der Waals surface area contributed by atoms with Crippen molar-refractivity contribution in [3.05, 3.63) is 87.2 Å². The predicted octanol–water partition coefficient (Wildman–Crippen LogP) is 7.08. The van der Waals surface area contributed by atoms with Crippen molar-refractivity contribution in [3.63, 3.8) is 0 Å². The Bertz CT molecular complexity index is 1380. The summed E-state index contributed by atoms with van der Waals surface area (Å²) in [5.74, 6) is -0.634. The predicted molar refractivity (Wildman–Crippen MR) is 154 cm³/mol. The van der Waals surface area contributed by atoms with E-state index in [2.05, 4.69) is 27.7 Å². The van der Waals surface area contributed by atoms with E-state index < -0.39 is 11.9 Å². The van der Waals surface area contributed by atoms with Crippen LogP contribution in [-0.2, 0) is 21.0 Å². The average molecular weight is 562 g/mol. The van der Waals surface area contributed by atoms with Crippen molar-refractivity contribution in [2.45, 2.75) is 72.3 Å². The van der Waals surface area contributed by atoms with E-state index in [1.807, 2.05) is 53.4 Å². The van der Waals surface area contributed by atoms with Crippen LogP contribution in [0, 0.1) is 10.8 Å². The first kappa shape index (κ1) is 28.2. The number of Topliss-reactive ketones (excluding diaryl/α,β-unsaturated/α-hetero) is 2. The van der Waals surface area contributed by atoms with Crippen LogP contribution < -0.4 is 4.74 Å². The summed E-state index contributed by atoms with van der Waals surface area (Å²) in [7, 11) is 0. The first-order chi connectivity index (χ1) is 18.8. The van der Waals surface area contributed by atoms with Gasteiger partial charge in [-0.25, -0.2) is 0 Å². The number of aliphatic carboxylic acids is 1. The maximum atomic E-state index is 13.8. The number of nitrogens with zero attached hydrogens (tertiary/aromatic N) is 1. The third-order valence-corrected chi connectivity index (χ3v) is 8.31. The Balaban J connectivity index is 1.56. The topological polar surface area (TPSA) is 83.9 Å². The molecule has 0 bridgehead atoms. The Morgan fingerprint density at radius 3 is 2.02 bits per heavy atom. The van der Waals surface area contributed by atoms with E-state index in [9.17, 15) is 19.5 Å². The number of rotatable bonds is 7. The molecule has 6 nitrogen and oxygen atoms in total. The van der Waals surface area contributed by atoms with Crippen LogP contribution in [0.4, 0.5) is 0 Å². The maximum absolute atomic E-state index is 13.8. The van der Waals surface area contributed by atoms with Gasteiger partial charge in [0.2, 0.25) is 0 Å². The zero-order valence-electron chi connectivity index (χ0n) is 23.6. The molecule has 1 heterocycles. The molecule has 0 aromatic heterocycles. The fraction of sp³-hybridized carbons (Fsp3) is 0.424. The molecule has 0 spiro atoms. The molecular weight excluding hydrogens is 526 g/mol. The monoisotopic (exact) mass is 561 g/mol. The molecule has 0 saturated carbocycles. The molecule has 0 fully saturated rings. The quantitative estimate of drug-likeness (QED) is 0.389. The minimum Gasteiger partial charge on any atom is -0.489 e. The van der Waals surface area contributed by atoms with Crippen molar-refractivity contribution in [1.29, 1.82) is 0 Å². The summed E-state index contributed by atoms with van der Waals surface area (Å²) < 4.78 is 5.99. The number of carboxylic acids is 1. The molecule has 1 N–H and O–H groups in total. The third kappa shape index (κ3) is 5.73. The van der Waals surface area contributed by atoms with E-state index in [-0.39, 0.29) is 35.4 Å². The van der Waals surface area contributed by atoms with Gasteiger partial charge in [0.25, 0.3) is 0 Å². The first-order valence-electron chi connectivity index (χ1n) is 13.8. The molecule has 0 saturated heterocycles. The second-order valence-corrected chi connectivity index (χ2v) is 13.3. The van der Waals surface area contributed by atoms with Gasteiger partial charge in [-0.05, 0) is 59.1 Å². The van der Waals surface area contributed by atoms with Gasteiger partial charge >= 0.3 is 5.97 Å². The molecule has 7 heteroatoms. The number of allylic oxidation sites excluding steroid dienone is 4. The van der Waals surface area contributed by atoms with Crippen molar-refractivity contribution in [2.75, 3.05) is 6.54 Å². The van der Waals surface area contributed by atoms with Gasteiger partial charge in [-0.3, -0.25) is 14.4 Å². The van der Waals surface area contributed by atoms with Crippen LogP contribution in [-0.4, -0.2) is 34.1 Å². The number of carbonyl (C=O) groups excluding carboxylic acids is 2. The summed E-state index contributed by atoms with van der Waals surface area (Å²) in [6.07, 6.45) is 2.00. The van der Waals surface area contributed by atoms with E-state index in [0.29, 0.717) is 54.2 Å². The lowest BCUT2D eigenvalue weighted by Crippen LogP contribution is -2.45. The fourth-order valence-corrected chi connectivity index (χ4v) is 6.62. The summed E-state index contributed by atoms with van der Waals surface area (Å²) in [5, 5.41) is 10.2. The Morgan fingerprint density at radius 2 is 1.50 bits per heavy atom. The second-order valence-electron chi connectivity index (χ2n) is 12.8. The number of hydrogen-bond donors (Lipinski definition) is 1. The SMILES string of the molecule is CC1(C)CC(=O)C2=C(C1)N(CCC(=O)O)C1=C(C(=O)CC(C)(C)C1)C2c1ccc(OCc2cccc(Cl)c2)cc1. The third-order valence-electron chi connectivity index (χ3n) is 8.08. The molecule has 2 aromatic carbocycles. The standard InChI is InChI=1S/C33H36ClNO5/c1-32(2)15-24-30(26(36)17-32)29(21-8-10-23(11-9-21)40-19-20-6-5-7-22(34)14-20)31-25(35(24)13-12-28(38)39)16-33(3,4)18-27(31)37/h5-11,14,29H,12-13,15-19H2,1-4H3,(H,38,39). The number of hydrogen-bond acceptors (Lipinski definition) is 5. The lowest BCUT2D eigenvalue weighted by atomic mass is 9.63. The minimum atomic E-state index is -0.900. The highest BCUT2D eigenvalue weighted by Crippen LogP contribution is 2.54. The summed E-state index contributed by atoms with van der Waals surface area (Å²) in [4.78, 5) is 41.2. The van der Waals surface area contributed by atoms with Crippen LogP contribution in [0.25, 0.3) is 0 Å². The van der Waals surface area contributed by atoms with Gasteiger partial charge in [0.05, 0.1) is 6.42 Å². The van der Waals surface area contributed by atoms with E-state index in [4.69, 9.17) is 16.3 Å². The number of ketones is 2. The van der Waals surface area contributed by atoms with Crippen LogP contribution in [0.15, 0.2) is 71.1 Å². The van der Waals surface area contributed by atoms with Crippen molar-refractivity contribution in [1.82, 2.24) is 4.90 Å². The van der Waals surface area contributed by atoms with Gasteiger partial charge < -0.3 is 14.7 Å². The van der Waals surface area contributed by atoms with Crippen LogP contribution in [0.3, 0.4) is 0 Å². The summed E-state index contributed by atoms with van der Waals surface area (Å²) in [5.41, 5.74) is 4.34. The summed E-state index contributed by atoms with van der Waals surface area (Å²) in [6, 6.07) is 15.2. The molecule has 40 heavy (non-hydrogen) atoms. The highest BCUT2D eigenvalue weighted by Gasteiger charge is 2.48. The van der Waals surface area contributed by atoms with Crippen molar-refractivity contribution in [3.8, 4) is 5.75 Å². The molecule has 0 atom stereocenters. The van der Waals surface area contributed by atoms with E-state index in [1.54, 1.807) is 0 Å². The van der Waals surface area contributed by atoms with Crippen LogP contribution >= 0.6 is 11.6 Å². The highest BCUT2D eigenvalue weighted by atomic mass is 35.5. The number of ether oxygens (including phenoxy) is 1. The Hall–Kier alpha value is -3.38. The molecule has 5 rings (SSSR count). The maximum Gasteiger partial charge on any atom is 0.305 e. The van der Waals surface area contributed by atoms with Gasteiger partial charge in [-0.15, -0.1) is 0 Å². The van der Waals surface area contributed by atoms with Gasteiger partial charge in [-0.1, -0.05) is 63.6 Å². The van der Waals surface area contributed by atoms with Crippen LogP contribution in [0.5, 0.6) is 5.75 Å². The number of halogens is 1. The molecule has 0 radical (unpaired) electrons. The van der Waals surface area contributed by atoms with E-state index in [0.717, 1.165) is 22.5 Å².